The highest BCUT2D eigenvalue weighted by atomic mass is 16.2. The molecular weight excluding hydrogens is 374 g/mol. The van der Waals surface area contributed by atoms with E-state index in [0.29, 0.717) is 23.3 Å². The van der Waals surface area contributed by atoms with Crippen LogP contribution in [-0.2, 0) is 4.79 Å². The summed E-state index contributed by atoms with van der Waals surface area (Å²) >= 11 is 0. The van der Waals surface area contributed by atoms with Gasteiger partial charge in [0.05, 0.1) is 12.4 Å². The van der Waals surface area contributed by atoms with E-state index in [1.807, 2.05) is 34.6 Å². The molecule has 6 heteroatoms. The lowest BCUT2D eigenvalue weighted by Crippen LogP contribution is -2.19. The van der Waals surface area contributed by atoms with Gasteiger partial charge in [-0.3, -0.25) is 4.79 Å². The van der Waals surface area contributed by atoms with Gasteiger partial charge in [0, 0.05) is 38.4 Å². The highest BCUT2D eigenvalue weighted by Gasteiger charge is 1.95. The molecule has 1 aromatic heterocycles. The zero-order valence-electron chi connectivity index (χ0n) is 19.7. The maximum Gasteiger partial charge on any atom is 0.297 e. The molecule has 1 heterocycles. The second-order valence-electron chi connectivity index (χ2n) is 6.92. The molecule has 1 aromatic rings. The van der Waals surface area contributed by atoms with Crippen LogP contribution in [0.3, 0.4) is 0 Å². The normalized spacial score (nSPS) is 8.07. The molecule has 0 radical (unpaired) electrons. The van der Waals surface area contributed by atoms with E-state index in [2.05, 4.69) is 65.9 Å². The van der Waals surface area contributed by atoms with Crippen LogP contribution < -0.4 is 5.73 Å². The maximum atomic E-state index is 10.8. The van der Waals surface area contributed by atoms with E-state index < -0.39 is 0 Å². The first kappa shape index (κ1) is 31.2. The molecular formula is C24H35N5O. The third kappa shape index (κ3) is 24.5. The van der Waals surface area contributed by atoms with Crippen LogP contribution in [0.15, 0.2) is 12.4 Å². The molecule has 0 atom stereocenters. The standard InChI is InChI=1S/C9H11N3.C8H13NO.C6H10.CHN/c1-7(2)3-4-8-5-12-9(10)6-11-8;1-7(2)5-6-8(10)9(3)4;1-4-5-6(2)3;1-2/h5-7H,1-2H3,(H2,10,12);7H,1-4H3;6H,1-3H3;1H. The maximum absolute atomic E-state index is 10.8. The third-order valence-corrected chi connectivity index (χ3v) is 2.47. The van der Waals surface area contributed by atoms with Crippen molar-refractivity contribution in [2.24, 2.45) is 17.8 Å². The summed E-state index contributed by atoms with van der Waals surface area (Å²) in [5, 5.41) is 6.50. The molecule has 0 aliphatic heterocycles. The van der Waals surface area contributed by atoms with Crippen molar-refractivity contribution in [2.45, 2.75) is 48.5 Å². The lowest BCUT2D eigenvalue weighted by Gasteiger charge is -2.02. The monoisotopic (exact) mass is 409 g/mol. The van der Waals surface area contributed by atoms with Crippen LogP contribution in [0, 0.1) is 65.1 Å². The number of nitrogens with zero attached hydrogens (tertiary/aromatic N) is 4. The van der Waals surface area contributed by atoms with E-state index in [0.717, 1.165) is 0 Å². The van der Waals surface area contributed by atoms with Crippen molar-refractivity contribution in [3.63, 3.8) is 0 Å². The summed E-state index contributed by atoms with van der Waals surface area (Å²) in [6.45, 7) is 17.5. The molecule has 0 spiro atoms. The average molecular weight is 410 g/mol. The van der Waals surface area contributed by atoms with Gasteiger partial charge in [-0.25, -0.2) is 15.2 Å². The second kappa shape index (κ2) is 20.3. The molecule has 0 aliphatic rings. The molecule has 0 unspecified atom stereocenters. The number of carbonyl (C=O) groups is 1. The van der Waals surface area contributed by atoms with Crippen LogP contribution in [0.4, 0.5) is 5.82 Å². The zero-order valence-corrected chi connectivity index (χ0v) is 19.7. The number of hydrogen-bond acceptors (Lipinski definition) is 5. The number of nitrogen functional groups attached to an aromatic ring is 1. The fraction of sp³-hybridized carbons (Fsp3) is 0.500. The van der Waals surface area contributed by atoms with Crippen LogP contribution in [0.25, 0.3) is 0 Å². The molecule has 0 aromatic carbocycles. The molecule has 6 nitrogen and oxygen atoms in total. The number of carbonyl (C=O) groups excluding carboxylic acids is 1. The fourth-order valence-corrected chi connectivity index (χ4v) is 1.23. The number of rotatable bonds is 0. The van der Waals surface area contributed by atoms with E-state index in [-0.39, 0.29) is 11.8 Å². The zero-order chi connectivity index (χ0) is 24.1. The molecule has 162 valence electrons. The van der Waals surface area contributed by atoms with Crippen LogP contribution in [0.2, 0.25) is 0 Å². The lowest BCUT2D eigenvalue weighted by atomic mass is 10.2. The Kier molecular flexibility index (Phi) is 21.1. The van der Waals surface area contributed by atoms with Gasteiger partial charge in [0.2, 0.25) is 0 Å². The highest BCUT2D eigenvalue weighted by Crippen LogP contribution is 1.95. The molecule has 30 heavy (non-hydrogen) atoms. The van der Waals surface area contributed by atoms with Crippen molar-refractivity contribution < 1.29 is 4.79 Å². The van der Waals surface area contributed by atoms with E-state index in [4.69, 9.17) is 11.0 Å². The Morgan fingerprint density at radius 3 is 1.77 bits per heavy atom. The van der Waals surface area contributed by atoms with E-state index in [1.165, 1.54) is 11.1 Å². The van der Waals surface area contributed by atoms with Crippen molar-refractivity contribution in [3.05, 3.63) is 18.1 Å². The Hall–Kier alpha value is -3.48. The van der Waals surface area contributed by atoms with Crippen molar-refractivity contribution in [1.82, 2.24) is 14.9 Å². The molecule has 1 amide bonds. The number of amides is 1. The molecule has 0 saturated heterocycles. The summed E-state index contributed by atoms with van der Waals surface area (Å²) in [7, 11) is 3.38. The Morgan fingerprint density at radius 2 is 1.47 bits per heavy atom. The van der Waals surface area contributed by atoms with E-state index >= 15 is 0 Å². The predicted molar refractivity (Wildman–Crippen MR) is 124 cm³/mol. The Bertz CT molecular complexity index is 787. The summed E-state index contributed by atoms with van der Waals surface area (Å²) in [5.41, 5.74) is 6.03. The molecule has 0 aliphatic carbocycles. The van der Waals surface area contributed by atoms with Gasteiger partial charge < -0.3 is 10.6 Å². The summed E-state index contributed by atoms with van der Waals surface area (Å²) in [6, 6.07) is 0. The number of anilines is 1. The van der Waals surface area contributed by atoms with Crippen LogP contribution in [0.1, 0.15) is 54.2 Å². The molecule has 1 rings (SSSR count). The van der Waals surface area contributed by atoms with Crippen LogP contribution >= 0.6 is 0 Å². The first-order valence-electron chi connectivity index (χ1n) is 9.49. The summed E-state index contributed by atoms with van der Waals surface area (Å²) in [4.78, 5) is 20.1. The van der Waals surface area contributed by atoms with Crippen LogP contribution in [-0.4, -0.2) is 34.9 Å². The van der Waals surface area contributed by atoms with Gasteiger partial charge >= 0.3 is 0 Å². The minimum Gasteiger partial charge on any atom is -0.382 e. The number of hydrogen-bond donors (Lipinski definition) is 1. The topological polar surface area (TPSA) is 95.9 Å². The minimum absolute atomic E-state index is 0.131. The smallest absolute Gasteiger partial charge is 0.297 e. The van der Waals surface area contributed by atoms with Gasteiger partial charge in [-0.1, -0.05) is 53.4 Å². The number of nitrogens with two attached hydrogens (primary N) is 1. The number of nitriles is 1. The van der Waals surface area contributed by atoms with Gasteiger partial charge in [-0.05, 0) is 18.8 Å². The van der Waals surface area contributed by atoms with Gasteiger partial charge in [0.15, 0.2) is 0 Å². The first-order valence-corrected chi connectivity index (χ1v) is 9.49. The van der Waals surface area contributed by atoms with E-state index in [1.54, 1.807) is 20.3 Å². The van der Waals surface area contributed by atoms with Crippen molar-refractivity contribution in [2.75, 3.05) is 19.8 Å². The van der Waals surface area contributed by atoms with Crippen LogP contribution in [0.5, 0.6) is 0 Å². The van der Waals surface area contributed by atoms with Gasteiger partial charge in [0.1, 0.15) is 11.5 Å². The van der Waals surface area contributed by atoms with E-state index in [9.17, 15) is 4.79 Å². The summed E-state index contributed by atoms with van der Waals surface area (Å²) in [5.74, 6) is 18.4. The Labute approximate surface area is 183 Å². The van der Waals surface area contributed by atoms with Gasteiger partial charge in [-0.2, -0.15) is 0 Å². The molecule has 0 fully saturated rings. The minimum atomic E-state index is -0.131. The van der Waals surface area contributed by atoms with Crippen molar-refractivity contribution in [1.29, 1.82) is 5.26 Å². The Balaban J connectivity index is -0.000000367. The van der Waals surface area contributed by atoms with Gasteiger partial charge in [-0.15, -0.1) is 11.8 Å². The quantitative estimate of drug-likeness (QED) is 0.660. The highest BCUT2D eigenvalue weighted by molar-refractivity contribution is 5.93. The van der Waals surface area contributed by atoms with Gasteiger partial charge in [0.25, 0.3) is 5.91 Å². The lowest BCUT2D eigenvalue weighted by molar-refractivity contribution is -0.122. The second-order valence-corrected chi connectivity index (χ2v) is 6.92. The SMILES string of the molecule is C#N.CC#CC(C)C.CC(C)C#CC(=O)N(C)C.CC(C)C#Cc1cnc(N)cn1. The Morgan fingerprint density at radius 1 is 0.967 bits per heavy atom. The number of aromatic nitrogens is 2. The molecule has 2 N–H and O–H groups in total. The average Bonchev–Trinajstić information content (AvgIpc) is 2.68. The first-order chi connectivity index (χ1) is 14.0. The van der Waals surface area contributed by atoms with Crippen molar-refractivity contribution in [3.8, 4) is 42.1 Å². The fourth-order valence-electron chi connectivity index (χ4n) is 1.23. The summed E-state index contributed by atoms with van der Waals surface area (Å²) in [6.07, 6.45) is 3.08. The van der Waals surface area contributed by atoms with Crippen molar-refractivity contribution >= 4 is 11.7 Å². The molecule has 0 saturated carbocycles. The summed E-state index contributed by atoms with van der Waals surface area (Å²) < 4.78 is 0. The largest absolute Gasteiger partial charge is 0.382 e. The third-order valence-electron chi connectivity index (χ3n) is 2.47. The predicted octanol–water partition coefficient (Wildman–Crippen LogP) is 3.61. The molecule has 0 bridgehead atoms.